The molecule has 7 heteroatoms. The van der Waals surface area contributed by atoms with Crippen molar-refractivity contribution in [2.75, 3.05) is 26.5 Å². The normalized spacial score (nSPS) is 18.3. The lowest BCUT2D eigenvalue weighted by atomic mass is 10.0. The molecule has 2 amide bonds. The van der Waals surface area contributed by atoms with E-state index >= 15 is 0 Å². The number of rotatable bonds is 4. The molecule has 0 spiro atoms. The average molecular weight is 368 g/mol. The Morgan fingerprint density at radius 3 is 2.63 bits per heavy atom. The first kappa shape index (κ1) is 17.4. The smallest absolute Gasteiger partial charge is 0.254 e. The van der Waals surface area contributed by atoms with Gasteiger partial charge in [-0.25, -0.2) is 0 Å². The van der Waals surface area contributed by atoms with Gasteiger partial charge in [0.15, 0.2) is 11.5 Å². The molecule has 7 nitrogen and oxygen atoms in total. The van der Waals surface area contributed by atoms with Crippen molar-refractivity contribution in [1.82, 2.24) is 10.2 Å². The molecule has 2 aliphatic heterocycles. The highest BCUT2D eigenvalue weighted by molar-refractivity contribution is 5.98. The summed E-state index contributed by atoms with van der Waals surface area (Å²) in [6.45, 7) is 0.927. The van der Waals surface area contributed by atoms with Gasteiger partial charge in [0.25, 0.3) is 5.91 Å². The van der Waals surface area contributed by atoms with E-state index in [1.54, 1.807) is 12.1 Å². The number of amides is 2. The van der Waals surface area contributed by atoms with E-state index in [-0.39, 0.29) is 31.6 Å². The third-order valence-electron chi connectivity index (χ3n) is 4.83. The SMILES string of the molecule is O=C1NCCN(C(=O)c2ccc(-c3ccc4c(c3)OCO4)cc2)C1CCO. The Kier molecular flexibility index (Phi) is 4.68. The first-order valence-electron chi connectivity index (χ1n) is 8.87. The number of nitrogens with one attached hydrogen (secondary N) is 1. The lowest BCUT2D eigenvalue weighted by Gasteiger charge is -2.34. The Hall–Kier alpha value is -3.06. The van der Waals surface area contributed by atoms with Crippen molar-refractivity contribution < 1.29 is 24.2 Å². The Labute approximate surface area is 156 Å². The summed E-state index contributed by atoms with van der Waals surface area (Å²) < 4.78 is 10.7. The van der Waals surface area contributed by atoms with Crippen LogP contribution in [0.1, 0.15) is 16.8 Å². The molecule has 2 aromatic rings. The molecule has 27 heavy (non-hydrogen) atoms. The highest BCUT2D eigenvalue weighted by Crippen LogP contribution is 2.35. The largest absolute Gasteiger partial charge is 0.454 e. The van der Waals surface area contributed by atoms with Gasteiger partial charge in [-0.2, -0.15) is 0 Å². The standard InChI is InChI=1S/C20H20N2O5/c23-10-7-16-19(24)21-8-9-22(16)20(25)14-3-1-13(2-4-14)15-5-6-17-18(11-15)27-12-26-17/h1-6,11,16,23H,7-10,12H2,(H,21,24). The summed E-state index contributed by atoms with van der Waals surface area (Å²) >= 11 is 0. The Balaban J connectivity index is 1.54. The van der Waals surface area contributed by atoms with Gasteiger partial charge in [-0.1, -0.05) is 18.2 Å². The van der Waals surface area contributed by atoms with E-state index in [9.17, 15) is 14.7 Å². The topological polar surface area (TPSA) is 88.1 Å². The van der Waals surface area contributed by atoms with Crippen molar-refractivity contribution in [2.45, 2.75) is 12.5 Å². The summed E-state index contributed by atoms with van der Waals surface area (Å²) in [6, 6.07) is 12.3. The lowest BCUT2D eigenvalue weighted by molar-refractivity contribution is -0.128. The van der Waals surface area contributed by atoms with Crippen LogP contribution in [0.2, 0.25) is 0 Å². The van der Waals surface area contributed by atoms with Gasteiger partial charge in [-0.05, 0) is 41.8 Å². The summed E-state index contributed by atoms with van der Waals surface area (Å²) in [6.07, 6.45) is 0.229. The van der Waals surface area contributed by atoms with E-state index in [2.05, 4.69) is 5.32 Å². The van der Waals surface area contributed by atoms with E-state index in [0.29, 0.717) is 24.4 Å². The van der Waals surface area contributed by atoms with Gasteiger partial charge in [0.05, 0.1) is 0 Å². The molecule has 1 unspecified atom stereocenters. The van der Waals surface area contributed by atoms with Gasteiger partial charge in [0.2, 0.25) is 12.7 Å². The molecule has 2 N–H and O–H groups in total. The molecular weight excluding hydrogens is 348 g/mol. The molecular formula is C20H20N2O5. The van der Waals surface area contributed by atoms with Crippen LogP contribution in [0.15, 0.2) is 42.5 Å². The van der Waals surface area contributed by atoms with Crippen molar-refractivity contribution >= 4 is 11.8 Å². The molecule has 0 radical (unpaired) electrons. The van der Waals surface area contributed by atoms with Crippen LogP contribution in [0.5, 0.6) is 11.5 Å². The summed E-state index contributed by atoms with van der Waals surface area (Å²) in [4.78, 5) is 26.4. The van der Waals surface area contributed by atoms with Crippen molar-refractivity contribution in [3.05, 3.63) is 48.0 Å². The molecule has 140 valence electrons. The van der Waals surface area contributed by atoms with Crippen LogP contribution in [0.4, 0.5) is 0 Å². The summed E-state index contributed by atoms with van der Waals surface area (Å²) in [5.41, 5.74) is 2.43. The van der Waals surface area contributed by atoms with Crippen LogP contribution in [0.3, 0.4) is 0 Å². The molecule has 0 aromatic heterocycles. The van der Waals surface area contributed by atoms with Gasteiger partial charge in [0.1, 0.15) is 6.04 Å². The maximum Gasteiger partial charge on any atom is 0.254 e. The Morgan fingerprint density at radius 2 is 1.85 bits per heavy atom. The number of hydrogen-bond donors (Lipinski definition) is 2. The highest BCUT2D eigenvalue weighted by atomic mass is 16.7. The summed E-state index contributed by atoms with van der Waals surface area (Å²) in [7, 11) is 0. The fourth-order valence-corrected chi connectivity index (χ4v) is 3.41. The van der Waals surface area contributed by atoms with Gasteiger partial charge in [0, 0.05) is 25.3 Å². The number of aliphatic hydroxyl groups excluding tert-OH is 1. The minimum atomic E-state index is -0.634. The van der Waals surface area contributed by atoms with E-state index in [1.165, 1.54) is 4.90 Å². The number of aliphatic hydroxyl groups is 1. The average Bonchev–Trinajstić information content (AvgIpc) is 3.17. The molecule has 2 aromatic carbocycles. The van der Waals surface area contributed by atoms with Gasteiger partial charge in [-0.15, -0.1) is 0 Å². The number of piperazine rings is 1. The Morgan fingerprint density at radius 1 is 1.11 bits per heavy atom. The predicted molar refractivity (Wildman–Crippen MR) is 97.5 cm³/mol. The zero-order valence-electron chi connectivity index (χ0n) is 14.7. The number of ether oxygens (including phenoxy) is 2. The first-order chi connectivity index (χ1) is 13.2. The van der Waals surface area contributed by atoms with Gasteiger partial charge < -0.3 is 24.8 Å². The fraction of sp³-hybridized carbons (Fsp3) is 0.300. The molecule has 0 aliphatic carbocycles. The summed E-state index contributed by atoms with van der Waals surface area (Å²) in [5, 5.41) is 11.9. The second-order valence-electron chi connectivity index (χ2n) is 6.46. The quantitative estimate of drug-likeness (QED) is 0.852. The molecule has 1 atom stereocenters. The van der Waals surface area contributed by atoms with Crippen LogP contribution in [0.25, 0.3) is 11.1 Å². The maximum atomic E-state index is 12.9. The van der Waals surface area contributed by atoms with E-state index in [1.807, 2.05) is 30.3 Å². The van der Waals surface area contributed by atoms with Crippen molar-refractivity contribution in [3.63, 3.8) is 0 Å². The molecule has 2 heterocycles. The van der Waals surface area contributed by atoms with Crippen molar-refractivity contribution in [2.24, 2.45) is 0 Å². The second kappa shape index (κ2) is 7.28. The molecule has 2 aliphatic rings. The Bertz CT molecular complexity index is 865. The number of nitrogens with zero attached hydrogens (tertiary/aromatic N) is 1. The minimum Gasteiger partial charge on any atom is -0.454 e. The first-order valence-corrected chi connectivity index (χ1v) is 8.87. The number of benzene rings is 2. The number of carbonyl (C=O) groups is 2. The third-order valence-corrected chi connectivity index (χ3v) is 4.83. The van der Waals surface area contributed by atoms with Crippen LogP contribution in [0, 0.1) is 0 Å². The van der Waals surface area contributed by atoms with Crippen LogP contribution >= 0.6 is 0 Å². The zero-order valence-corrected chi connectivity index (χ0v) is 14.7. The molecule has 0 bridgehead atoms. The lowest BCUT2D eigenvalue weighted by Crippen LogP contribution is -2.57. The minimum absolute atomic E-state index is 0.148. The van der Waals surface area contributed by atoms with Crippen LogP contribution < -0.4 is 14.8 Å². The van der Waals surface area contributed by atoms with Crippen LogP contribution in [-0.2, 0) is 4.79 Å². The third kappa shape index (κ3) is 3.33. The monoisotopic (exact) mass is 368 g/mol. The number of fused-ring (bicyclic) bond motifs is 1. The number of carbonyl (C=O) groups excluding carboxylic acids is 2. The maximum absolute atomic E-state index is 12.9. The van der Waals surface area contributed by atoms with Gasteiger partial charge >= 0.3 is 0 Å². The van der Waals surface area contributed by atoms with Crippen molar-refractivity contribution in [3.8, 4) is 22.6 Å². The van der Waals surface area contributed by atoms with E-state index < -0.39 is 6.04 Å². The van der Waals surface area contributed by atoms with Gasteiger partial charge in [-0.3, -0.25) is 9.59 Å². The molecule has 0 saturated carbocycles. The van der Waals surface area contributed by atoms with Crippen molar-refractivity contribution in [1.29, 1.82) is 0 Å². The fourth-order valence-electron chi connectivity index (χ4n) is 3.41. The predicted octanol–water partition coefficient (Wildman–Crippen LogP) is 1.41. The van der Waals surface area contributed by atoms with E-state index in [0.717, 1.165) is 16.9 Å². The molecule has 1 saturated heterocycles. The molecule has 4 rings (SSSR count). The molecule has 1 fully saturated rings. The second-order valence-corrected chi connectivity index (χ2v) is 6.46. The van der Waals surface area contributed by atoms with Crippen LogP contribution in [-0.4, -0.2) is 54.4 Å². The highest BCUT2D eigenvalue weighted by Gasteiger charge is 2.32. The summed E-state index contributed by atoms with van der Waals surface area (Å²) in [5.74, 6) is 1.00. The number of hydrogen-bond acceptors (Lipinski definition) is 5. The zero-order chi connectivity index (χ0) is 18.8. The van der Waals surface area contributed by atoms with E-state index in [4.69, 9.17) is 9.47 Å².